The number of nitrogens with one attached hydrogen (secondary N) is 4. The molecule has 3 aromatic rings. The third kappa shape index (κ3) is 5.52. The predicted octanol–water partition coefficient (Wildman–Crippen LogP) is 3.19. The minimum atomic E-state index is -0.0321. The second-order valence-corrected chi connectivity index (χ2v) is 9.53. The first kappa shape index (κ1) is 23.4. The van der Waals surface area contributed by atoms with Gasteiger partial charge in [-0.1, -0.05) is 23.4 Å². The average Bonchev–Trinajstić information content (AvgIpc) is 3.36. The fraction of sp³-hybridized carbons (Fsp3) is 0.462. The maximum absolute atomic E-state index is 8.24. The molecular weight excluding hydrogens is 440 g/mol. The van der Waals surface area contributed by atoms with Gasteiger partial charge in [0.25, 0.3) is 0 Å². The van der Waals surface area contributed by atoms with Crippen LogP contribution in [-0.2, 0) is 24.2 Å². The lowest BCUT2D eigenvalue weighted by molar-refractivity contribution is 0.0630. The molecule has 0 radical (unpaired) electrons. The fourth-order valence-electron chi connectivity index (χ4n) is 5.26. The number of nitrogens with zero attached hydrogens (tertiary/aromatic N) is 3. The number of hydrogen-bond acceptors (Lipinski definition) is 8. The SMILES string of the molecule is N=C/C(=C\NCc1ccc2c(c1)CCNC2)C(CCC1CCOCC1)c1cc(N)nc2[nH]nnc12. The third-order valence-corrected chi connectivity index (χ3v) is 7.23. The summed E-state index contributed by atoms with van der Waals surface area (Å²) in [6.45, 7) is 4.35. The molecule has 9 heteroatoms. The molecule has 2 aliphatic heterocycles. The van der Waals surface area contributed by atoms with Crippen LogP contribution in [-0.4, -0.2) is 46.4 Å². The molecule has 1 fully saturated rings. The van der Waals surface area contributed by atoms with Gasteiger partial charge in [-0.15, -0.1) is 5.10 Å². The van der Waals surface area contributed by atoms with Gasteiger partial charge in [-0.05, 0) is 78.5 Å². The summed E-state index contributed by atoms with van der Waals surface area (Å²) in [5.41, 5.74) is 13.3. The van der Waals surface area contributed by atoms with Gasteiger partial charge in [0.2, 0.25) is 0 Å². The lowest BCUT2D eigenvalue weighted by Gasteiger charge is -2.25. The molecule has 2 aromatic heterocycles. The minimum Gasteiger partial charge on any atom is -0.387 e. The maximum atomic E-state index is 8.24. The van der Waals surface area contributed by atoms with Crippen molar-refractivity contribution < 1.29 is 4.74 Å². The summed E-state index contributed by atoms with van der Waals surface area (Å²) >= 11 is 0. The first-order chi connectivity index (χ1) is 17.2. The largest absolute Gasteiger partial charge is 0.387 e. The first-order valence-electron chi connectivity index (χ1n) is 12.5. The lowest BCUT2D eigenvalue weighted by Crippen LogP contribution is -2.23. The molecule has 1 saturated heterocycles. The molecule has 0 bridgehead atoms. The van der Waals surface area contributed by atoms with Crippen molar-refractivity contribution in [3.05, 3.63) is 58.3 Å². The van der Waals surface area contributed by atoms with Gasteiger partial charge in [0.15, 0.2) is 5.65 Å². The highest BCUT2D eigenvalue weighted by molar-refractivity contribution is 5.83. The number of ether oxygens (including phenoxy) is 1. The van der Waals surface area contributed by atoms with Crippen LogP contribution in [0.5, 0.6) is 0 Å². The fourth-order valence-corrected chi connectivity index (χ4v) is 5.26. The summed E-state index contributed by atoms with van der Waals surface area (Å²) in [6, 6.07) is 8.58. The first-order valence-corrected chi connectivity index (χ1v) is 12.5. The number of pyridine rings is 1. The molecule has 2 aliphatic rings. The van der Waals surface area contributed by atoms with E-state index in [0.717, 1.165) is 69.5 Å². The van der Waals surface area contributed by atoms with Crippen LogP contribution in [0, 0.1) is 11.3 Å². The van der Waals surface area contributed by atoms with Crippen LogP contribution in [0.3, 0.4) is 0 Å². The van der Waals surface area contributed by atoms with Crippen LogP contribution < -0.4 is 16.4 Å². The van der Waals surface area contributed by atoms with Crippen molar-refractivity contribution in [2.75, 3.05) is 25.5 Å². The molecule has 5 rings (SSSR count). The number of H-pyrrole nitrogens is 1. The van der Waals surface area contributed by atoms with E-state index < -0.39 is 0 Å². The number of anilines is 1. The molecule has 184 valence electrons. The number of benzene rings is 1. The lowest BCUT2D eigenvalue weighted by atomic mass is 9.83. The Hall–Kier alpha value is -3.30. The molecule has 0 aliphatic carbocycles. The van der Waals surface area contributed by atoms with Crippen LogP contribution in [0.4, 0.5) is 5.82 Å². The van der Waals surface area contributed by atoms with Crippen LogP contribution in [0.1, 0.15) is 53.9 Å². The van der Waals surface area contributed by atoms with Crippen molar-refractivity contribution in [1.29, 1.82) is 5.41 Å². The van der Waals surface area contributed by atoms with E-state index in [1.807, 2.05) is 12.3 Å². The Kier molecular flexibility index (Phi) is 7.34. The summed E-state index contributed by atoms with van der Waals surface area (Å²) in [6.07, 6.45) is 8.61. The number of aromatic nitrogens is 4. The molecule has 1 aromatic carbocycles. The van der Waals surface area contributed by atoms with E-state index in [0.29, 0.717) is 29.4 Å². The molecule has 35 heavy (non-hydrogen) atoms. The summed E-state index contributed by atoms with van der Waals surface area (Å²) in [5.74, 6) is 1.02. The van der Waals surface area contributed by atoms with Gasteiger partial charge < -0.3 is 26.5 Å². The van der Waals surface area contributed by atoms with Crippen LogP contribution in [0.15, 0.2) is 36.0 Å². The number of nitrogen functional groups attached to an aromatic ring is 1. The Balaban J connectivity index is 1.37. The van der Waals surface area contributed by atoms with E-state index in [4.69, 9.17) is 15.9 Å². The molecule has 0 saturated carbocycles. The van der Waals surface area contributed by atoms with Gasteiger partial charge in [0, 0.05) is 44.6 Å². The van der Waals surface area contributed by atoms with E-state index in [-0.39, 0.29) is 5.92 Å². The molecule has 4 heterocycles. The molecule has 1 atom stereocenters. The number of allylic oxidation sites excluding steroid dienone is 1. The zero-order valence-electron chi connectivity index (χ0n) is 20.0. The van der Waals surface area contributed by atoms with Crippen molar-refractivity contribution in [2.45, 2.75) is 51.1 Å². The van der Waals surface area contributed by atoms with E-state index in [1.165, 1.54) is 22.9 Å². The summed E-state index contributed by atoms with van der Waals surface area (Å²) < 4.78 is 5.54. The van der Waals surface area contributed by atoms with Gasteiger partial charge in [-0.25, -0.2) is 10.1 Å². The highest BCUT2D eigenvalue weighted by Crippen LogP contribution is 2.35. The standard InChI is InChI=1S/C26H34N8O/c27-13-21(16-30-14-18-1-3-20-15-29-8-5-19(20)11-18)22(4-2-17-6-9-35-10-7-17)23-12-24(28)31-26-25(23)32-34-33-26/h1,3,11-13,16-17,22,27,29-30H,2,4-10,14-15H2,(H3,28,31,32,33,34)/b21-16+,27-13?. The number of rotatable bonds is 9. The number of nitrogens with two attached hydrogens (primary N) is 1. The zero-order chi connectivity index (χ0) is 24.0. The normalized spacial score (nSPS) is 17.8. The summed E-state index contributed by atoms with van der Waals surface area (Å²) in [5, 5.41) is 26.2. The van der Waals surface area contributed by atoms with Gasteiger partial charge in [0.05, 0.1) is 0 Å². The van der Waals surface area contributed by atoms with Crippen molar-refractivity contribution >= 4 is 23.2 Å². The molecule has 0 amide bonds. The predicted molar refractivity (Wildman–Crippen MR) is 137 cm³/mol. The van der Waals surface area contributed by atoms with Crippen molar-refractivity contribution in [3.63, 3.8) is 0 Å². The number of fused-ring (bicyclic) bond motifs is 2. The Labute approximate surface area is 205 Å². The highest BCUT2D eigenvalue weighted by atomic mass is 16.5. The average molecular weight is 475 g/mol. The van der Waals surface area contributed by atoms with Gasteiger partial charge in [-0.2, -0.15) is 0 Å². The second kappa shape index (κ2) is 11.0. The Morgan fingerprint density at radius 1 is 1.26 bits per heavy atom. The van der Waals surface area contributed by atoms with E-state index in [1.54, 1.807) is 0 Å². The summed E-state index contributed by atoms with van der Waals surface area (Å²) in [7, 11) is 0. The minimum absolute atomic E-state index is 0.0321. The smallest absolute Gasteiger partial charge is 0.178 e. The van der Waals surface area contributed by atoms with Crippen molar-refractivity contribution in [1.82, 2.24) is 31.0 Å². The Morgan fingerprint density at radius 2 is 2.14 bits per heavy atom. The molecule has 1 unspecified atom stereocenters. The van der Waals surface area contributed by atoms with E-state index in [2.05, 4.69) is 49.2 Å². The van der Waals surface area contributed by atoms with Crippen LogP contribution in [0.25, 0.3) is 11.2 Å². The van der Waals surface area contributed by atoms with Gasteiger partial charge in [0.1, 0.15) is 11.3 Å². The number of hydrogen-bond donors (Lipinski definition) is 5. The molecular formula is C26H34N8O. The Morgan fingerprint density at radius 3 is 3.00 bits per heavy atom. The van der Waals surface area contributed by atoms with Gasteiger partial charge >= 0.3 is 0 Å². The molecule has 9 nitrogen and oxygen atoms in total. The molecule has 0 spiro atoms. The number of aromatic amines is 1. The highest BCUT2D eigenvalue weighted by Gasteiger charge is 2.24. The molecule has 6 N–H and O–H groups in total. The van der Waals surface area contributed by atoms with Crippen LogP contribution >= 0.6 is 0 Å². The maximum Gasteiger partial charge on any atom is 0.178 e. The Bertz CT molecular complexity index is 1200. The second-order valence-electron chi connectivity index (χ2n) is 9.53. The van der Waals surface area contributed by atoms with E-state index in [9.17, 15) is 0 Å². The monoisotopic (exact) mass is 474 g/mol. The summed E-state index contributed by atoms with van der Waals surface area (Å²) in [4.78, 5) is 4.33. The van der Waals surface area contributed by atoms with Crippen molar-refractivity contribution in [3.8, 4) is 0 Å². The third-order valence-electron chi connectivity index (χ3n) is 7.23. The zero-order valence-corrected chi connectivity index (χ0v) is 20.0. The van der Waals surface area contributed by atoms with Crippen LogP contribution in [0.2, 0.25) is 0 Å². The topological polar surface area (TPSA) is 138 Å². The van der Waals surface area contributed by atoms with Crippen molar-refractivity contribution in [2.24, 2.45) is 5.92 Å². The quantitative estimate of drug-likeness (QED) is 0.300. The van der Waals surface area contributed by atoms with Gasteiger partial charge in [-0.3, -0.25) is 0 Å². The van der Waals surface area contributed by atoms with E-state index >= 15 is 0 Å².